The van der Waals surface area contributed by atoms with Crippen molar-refractivity contribution in [1.82, 2.24) is 0 Å². The zero-order chi connectivity index (χ0) is 11.8. The molecule has 3 fully saturated rings. The first-order valence-corrected chi connectivity index (χ1v) is 5.84. The van der Waals surface area contributed by atoms with Crippen molar-refractivity contribution >= 4 is 11.8 Å². The first-order valence-electron chi connectivity index (χ1n) is 5.84. The van der Waals surface area contributed by atoms with Gasteiger partial charge in [0.25, 0.3) is 0 Å². The van der Waals surface area contributed by atoms with Gasteiger partial charge in [0.05, 0.1) is 12.2 Å². The standard InChI is InChI=1S/C12H18O4/c1-3-16-10(14)12-6-4-11(15-2,5-7-12)8-9(12)13/h3-8H2,1-2H3. The summed E-state index contributed by atoms with van der Waals surface area (Å²) in [5.74, 6) is -0.324. The number of hydrogen-bond donors (Lipinski definition) is 0. The molecular formula is C12H18O4. The van der Waals surface area contributed by atoms with Crippen molar-refractivity contribution in [2.45, 2.75) is 44.6 Å². The van der Waals surface area contributed by atoms with Gasteiger partial charge in [-0.2, -0.15) is 0 Å². The summed E-state index contributed by atoms with van der Waals surface area (Å²) in [5.41, 5.74) is -1.15. The van der Waals surface area contributed by atoms with Crippen LogP contribution in [0.3, 0.4) is 0 Å². The Bertz CT molecular complexity index is 313. The first kappa shape index (κ1) is 11.6. The van der Waals surface area contributed by atoms with Gasteiger partial charge < -0.3 is 9.47 Å². The fourth-order valence-corrected chi connectivity index (χ4v) is 2.91. The number of rotatable bonds is 3. The molecule has 0 heterocycles. The number of methoxy groups -OCH3 is 1. The Kier molecular flexibility index (Phi) is 2.78. The van der Waals surface area contributed by atoms with Gasteiger partial charge in [0, 0.05) is 13.5 Å². The van der Waals surface area contributed by atoms with Crippen molar-refractivity contribution in [3.05, 3.63) is 0 Å². The topological polar surface area (TPSA) is 52.6 Å². The van der Waals surface area contributed by atoms with Gasteiger partial charge in [-0.25, -0.2) is 0 Å². The highest BCUT2D eigenvalue weighted by molar-refractivity contribution is 6.05. The maximum Gasteiger partial charge on any atom is 0.319 e. The van der Waals surface area contributed by atoms with Gasteiger partial charge >= 0.3 is 5.97 Å². The van der Waals surface area contributed by atoms with Crippen molar-refractivity contribution in [2.24, 2.45) is 5.41 Å². The maximum atomic E-state index is 12.1. The highest BCUT2D eigenvalue weighted by Gasteiger charge is 2.59. The van der Waals surface area contributed by atoms with Crippen LogP contribution in [-0.2, 0) is 19.1 Å². The van der Waals surface area contributed by atoms with E-state index in [1.165, 1.54) is 0 Å². The van der Waals surface area contributed by atoms with E-state index in [1.54, 1.807) is 14.0 Å². The normalized spacial score (nSPS) is 37.5. The molecule has 3 rings (SSSR count). The Labute approximate surface area is 95.3 Å². The number of hydrogen-bond acceptors (Lipinski definition) is 4. The molecule has 0 radical (unpaired) electrons. The van der Waals surface area contributed by atoms with Crippen molar-refractivity contribution in [1.29, 1.82) is 0 Å². The monoisotopic (exact) mass is 226 g/mol. The van der Waals surface area contributed by atoms with Crippen LogP contribution in [-0.4, -0.2) is 31.1 Å². The van der Waals surface area contributed by atoms with Crippen LogP contribution in [0.15, 0.2) is 0 Å². The summed E-state index contributed by atoms with van der Waals surface area (Å²) in [6.07, 6.45) is 3.10. The minimum Gasteiger partial charge on any atom is -0.465 e. The molecule has 4 nitrogen and oxygen atoms in total. The molecule has 0 aromatic carbocycles. The van der Waals surface area contributed by atoms with Gasteiger partial charge in [-0.15, -0.1) is 0 Å². The van der Waals surface area contributed by atoms with Gasteiger partial charge in [-0.1, -0.05) is 0 Å². The Morgan fingerprint density at radius 2 is 1.94 bits per heavy atom. The summed E-state index contributed by atoms with van der Waals surface area (Å²) in [5, 5.41) is 0. The van der Waals surface area contributed by atoms with E-state index in [0.717, 1.165) is 12.8 Å². The Morgan fingerprint density at radius 3 is 2.38 bits per heavy atom. The van der Waals surface area contributed by atoms with Crippen LogP contribution in [0.1, 0.15) is 39.0 Å². The van der Waals surface area contributed by atoms with Crippen LogP contribution >= 0.6 is 0 Å². The molecule has 0 spiro atoms. The van der Waals surface area contributed by atoms with E-state index in [-0.39, 0.29) is 17.4 Å². The molecule has 0 saturated heterocycles. The second kappa shape index (κ2) is 3.84. The first-order chi connectivity index (χ1) is 7.58. The molecule has 2 bridgehead atoms. The number of Topliss-reactive ketones (excluding diaryl/α,β-unsaturated/α-hetero) is 1. The number of ketones is 1. The van der Waals surface area contributed by atoms with Crippen molar-refractivity contribution in [3.8, 4) is 0 Å². The number of carbonyl (C=O) groups excluding carboxylic acids is 2. The van der Waals surface area contributed by atoms with Crippen molar-refractivity contribution in [2.75, 3.05) is 13.7 Å². The zero-order valence-corrected chi connectivity index (χ0v) is 9.88. The lowest BCUT2D eigenvalue weighted by Crippen LogP contribution is -2.56. The molecule has 0 atom stereocenters. The summed E-state index contributed by atoms with van der Waals surface area (Å²) >= 11 is 0. The molecule has 0 aromatic heterocycles. The molecule has 3 aliphatic carbocycles. The number of fused-ring (bicyclic) bond motifs is 3. The molecule has 3 saturated carbocycles. The van der Waals surface area contributed by atoms with Crippen LogP contribution in [0.2, 0.25) is 0 Å². The van der Waals surface area contributed by atoms with Crippen LogP contribution in [0, 0.1) is 5.41 Å². The summed E-state index contributed by atoms with van der Waals surface area (Å²) in [6, 6.07) is 0. The van der Waals surface area contributed by atoms with Gasteiger partial charge in [0.1, 0.15) is 5.41 Å². The highest BCUT2D eigenvalue weighted by atomic mass is 16.5. The molecule has 4 heteroatoms. The lowest BCUT2D eigenvalue weighted by Gasteiger charge is -2.49. The Hall–Kier alpha value is -0.900. The second-order valence-electron chi connectivity index (χ2n) is 4.79. The van der Waals surface area contributed by atoms with Gasteiger partial charge in [-0.05, 0) is 32.6 Å². The van der Waals surface area contributed by atoms with E-state index in [4.69, 9.17) is 9.47 Å². The summed E-state index contributed by atoms with van der Waals surface area (Å²) in [7, 11) is 1.65. The third kappa shape index (κ3) is 1.47. The van der Waals surface area contributed by atoms with Crippen LogP contribution in [0.4, 0.5) is 0 Å². The lowest BCUT2D eigenvalue weighted by atomic mass is 9.58. The SMILES string of the molecule is CCOC(=O)C12CCC(OC)(CC1)CC2=O. The number of ether oxygens (including phenoxy) is 2. The fourth-order valence-electron chi connectivity index (χ4n) is 2.91. The van der Waals surface area contributed by atoms with E-state index in [0.29, 0.717) is 25.9 Å². The van der Waals surface area contributed by atoms with Crippen molar-refractivity contribution < 1.29 is 19.1 Å². The Balaban J connectivity index is 2.20. The van der Waals surface area contributed by atoms with Crippen LogP contribution in [0.5, 0.6) is 0 Å². The largest absolute Gasteiger partial charge is 0.465 e. The molecule has 0 aromatic rings. The zero-order valence-electron chi connectivity index (χ0n) is 9.88. The average molecular weight is 226 g/mol. The summed E-state index contributed by atoms with van der Waals surface area (Å²) < 4.78 is 10.5. The maximum absolute atomic E-state index is 12.1. The molecule has 90 valence electrons. The lowest BCUT2D eigenvalue weighted by molar-refractivity contribution is -0.179. The van der Waals surface area contributed by atoms with E-state index in [2.05, 4.69) is 0 Å². The predicted octanol–water partition coefficient (Wildman–Crippen LogP) is 1.47. The molecule has 16 heavy (non-hydrogen) atoms. The summed E-state index contributed by atoms with van der Waals surface area (Å²) in [6.45, 7) is 2.10. The van der Waals surface area contributed by atoms with E-state index < -0.39 is 5.41 Å². The average Bonchev–Trinajstić information content (AvgIpc) is 2.30. The molecule has 0 unspecified atom stereocenters. The highest BCUT2D eigenvalue weighted by Crippen LogP contribution is 2.52. The van der Waals surface area contributed by atoms with Crippen LogP contribution < -0.4 is 0 Å². The minimum atomic E-state index is -0.851. The molecular weight excluding hydrogens is 208 g/mol. The summed E-state index contributed by atoms with van der Waals surface area (Å²) in [4.78, 5) is 24.0. The second-order valence-corrected chi connectivity index (χ2v) is 4.79. The third-order valence-electron chi connectivity index (χ3n) is 4.13. The Morgan fingerprint density at radius 1 is 1.31 bits per heavy atom. The smallest absolute Gasteiger partial charge is 0.319 e. The fraction of sp³-hybridized carbons (Fsp3) is 0.833. The van der Waals surface area contributed by atoms with E-state index in [9.17, 15) is 9.59 Å². The third-order valence-corrected chi connectivity index (χ3v) is 4.13. The van der Waals surface area contributed by atoms with Gasteiger partial charge in [0.15, 0.2) is 5.78 Å². The van der Waals surface area contributed by atoms with E-state index in [1.807, 2.05) is 0 Å². The predicted molar refractivity (Wildman–Crippen MR) is 56.9 cm³/mol. The van der Waals surface area contributed by atoms with Crippen LogP contribution in [0.25, 0.3) is 0 Å². The molecule has 3 aliphatic rings. The van der Waals surface area contributed by atoms with Gasteiger partial charge in [-0.3, -0.25) is 9.59 Å². The van der Waals surface area contributed by atoms with Crippen molar-refractivity contribution in [3.63, 3.8) is 0 Å². The molecule has 0 aliphatic heterocycles. The van der Waals surface area contributed by atoms with Gasteiger partial charge in [0.2, 0.25) is 0 Å². The molecule has 0 N–H and O–H groups in total. The number of carbonyl (C=O) groups is 2. The minimum absolute atomic E-state index is 0.00491. The number of esters is 1. The molecule has 0 amide bonds. The van der Waals surface area contributed by atoms with E-state index >= 15 is 0 Å². The quantitative estimate of drug-likeness (QED) is 0.540.